The Morgan fingerprint density at radius 1 is 0.846 bits per heavy atom. The fourth-order valence-corrected chi connectivity index (χ4v) is 2.25. The molecule has 0 saturated carbocycles. The molecule has 9 heteroatoms. The minimum absolute atomic E-state index is 0. The Kier molecular flexibility index (Phi) is 4.94. The summed E-state index contributed by atoms with van der Waals surface area (Å²) in [5, 5.41) is 0. The zero-order valence-corrected chi connectivity index (χ0v) is 14.5. The fraction of sp³-hybridized carbons (Fsp3) is 0.118. The predicted molar refractivity (Wildman–Crippen MR) is 93.7 cm³/mol. The summed E-state index contributed by atoms with van der Waals surface area (Å²) in [6.07, 6.45) is 4.21. The van der Waals surface area contributed by atoms with Crippen molar-refractivity contribution in [3.8, 4) is 0 Å². The molecule has 1 aliphatic heterocycles. The first kappa shape index (κ1) is 20.0. The molecule has 1 atom stereocenters. The van der Waals surface area contributed by atoms with Crippen LogP contribution < -0.4 is 0 Å². The Morgan fingerprint density at radius 2 is 1.31 bits per heavy atom. The summed E-state index contributed by atoms with van der Waals surface area (Å²) >= 11 is 0. The van der Waals surface area contributed by atoms with Crippen molar-refractivity contribution in [3.63, 3.8) is 0 Å². The predicted octanol–water partition coefficient (Wildman–Crippen LogP) is 7.13. The van der Waals surface area contributed by atoms with Gasteiger partial charge in [0.2, 0.25) is 0 Å². The van der Waals surface area contributed by atoms with Gasteiger partial charge in [0, 0.05) is 13.2 Å². The molecule has 0 aromatic heterocycles. The first-order valence-electron chi connectivity index (χ1n) is 7.44. The van der Waals surface area contributed by atoms with Gasteiger partial charge in [-0.25, -0.2) is 0 Å². The van der Waals surface area contributed by atoms with Gasteiger partial charge in [-0.15, -0.1) is 0 Å². The Labute approximate surface area is 148 Å². The second-order valence-corrected chi connectivity index (χ2v) is 7.52. The fourth-order valence-electron chi connectivity index (χ4n) is 2.25. The Bertz CT molecular complexity index is 796. The van der Waals surface area contributed by atoms with Crippen molar-refractivity contribution >= 4 is 13.5 Å². The van der Waals surface area contributed by atoms with Gasteiger partial charge in [-0.3, -0.25) is 4.99 Å². The second-order valence-electron chi connectivity index (χ2n) is 5.60. The summed E-state index contributed by atoms with van der Waals surface area (Å²) in [6.45, 7) is 0. The van der Waals surface area contributed by atoms with Gasteiger partial charge in [0.05, 0.1) is 5.71 Å². The molecule has 2 aromatic carbocycles. The van der Waals surface area contributed by atoms with Crippen molar-refractivity contribution in [1.82, 2.24) is 4.90 Å². The van der Waals surface area contributed by atoms with E-state index in [0.717, 1.165) is 11.3 Å². The molecule has 2 nitrogen and oxygen atoms in total. The molecule has 0 saturated heterocycles. The molecule has 1 heterocycles. The zero-order chi connectivity index (χ0) is 19.5. The maximum absolute atomic E-state index is 10.7. The van der Waals surface area contributed by atoms with Crippen LogP contribution in [0.15, 0.2) is 77.9 Å². The number of allylic oxidation sites excluding steroid dienone is 1. The molecule has 26 heavy (non-hydrogen) atoms. The average molecular weight is 394 g/mol. The molecule has 0 N–H and O–H groups in total. The van der Waals surface area contributed by atoms with Crippen LogP contribution in [0.1, 0.15) is 18.7 Å². The van der Waals surface area contributed by atoms with Crippen LogP contribution in [-0.2, 0) is 0 Å². The normalized spacial score (nSPS) is 19.6. The van der Waals surface area contributed by atoms with Crippen LogP contribution in [0.5, 0.6) is 0 Å². The molecule has 0 radical (unpaired) electrons. The van der Waals surface area contributed by atoms with Gasteiger partial charge in [0.15, 0.2) is 0 Å². The number of rotatable bonds is 2. The van der Waals surface area contributed by atoms with Gasteiger partial charge in [-0.05, 0) is 17.2 Å². The molecule has 3 rings (SSSR count). The van der Waals surface area contributed by atoms with Crippen molar-refractivity contribution in [2.75, 3.05) is 7.05 Å². The summed E-state index contributed by atoms with van der Waals surface area (Å²) in [5.41, 5.74) is 3.41. The molecular formula is C17H17F6N2P. The molecule has 0 spiro atoms. The summed E-state index contributed by atoms with van der Waals surface area (Å²) in [7, 11) is -8.60. The van der Waals surface area contributed by atoms with E-state index in [1.807, 2.05) is 24.3 Å². The Hall–Kier alpha value is -2.34. The van der Waals surface area contributed by atoms with Crippen LogP contribution >= 0.6 is 7.81 Å². The Morgan fingerprint density at radius 3 is 1.81 bits per heavy atom. The van der Waals surface area contributed by atoms with Crippen LogP contribution in [-0.4, -0.2) is 17.7 Å². The summed E-state index contributed by atoms with van der Waals surface area (Å²) < 4.78 is 59.2. The van der Waals surface area contributed by atoms with Crippen molar-refractivity contribution in [3.05, 3.63) is 84.1 Å². The Balaban J connectivity index is 0.000000395. The van der Waals surface area contributed by atoms with E-state index in [-0.39, 0.29) is 7.59 Å². The number of aliphatic imine (C=N–C) groups is 1. The van der Waals surface area contributed by atoms with Crippen LogP contribution in [0.4, 0.5) is 25.2 Å². The first-order valence-corrected chi connectivity index (χ1v) is 9.47. The summed E-state index contributed by atoms with van der Waals surface area (Å²) in [4.78, 5) is 6.99. The number of hydrogen-bond acceptors (Lipinski definition) is 2. The number of nitrogens with zero attached hydrogens (tertiary/aromatic N) is 2. The van der Waals surface area contributed by atoms with E-state index in [4.69, 9.17) is 4.99 Å². The topological polar surface area (TPSA) is 15.6 Å². The minimum atomic E-state index is -10.7. The van der Waals surface area contributed by atoms with Crippen molar-refractivity contribution in [2.45, 2.75) is 6.17 Å². The van der Waals surface area contributed by atoms with E-state index in [0.29, 0.717) is 0 Å². The second kappa shape index (κ2) is 6.43. The van der Waals surface area contributed by atoms with E-state index in [1.165, 1.54) is 5.56 Å². The third kappa shape index (κ3) is 7.70. The average Bonchev–Trinajstić information content (AvgIpc) is 2.54. The molecule has 0 amide bonds. The van der Waals surface area contributed by atoms with Crippen LogP contribution in [0, 0.1) is 0 Å². The van der Waals surface area contributed by atoms with Gasteiger partial charge in [-0.2, -0.15) is 0 Å². The summed E-state index contributed by atoms with van der Waals surface area (Å²) in [5.74, 6) is 0. The van der Waals surface area contributed by atoms with E-state index in [9.17, 15) is 25.2 Å². The van der Waals surface area contributed by atoms with Crippen molar-refractivity contribution in [2.24, 2.45) is 4.99 Å². The third-order valence-corrected chi connectivity index (χ3v) is 3.28. The van der Waals surface area contributed by atoms with Gasteiger partial charge >= 0.3 is 34.4 Å². The zero-order valence-electron chi connectivity index (χ0n) is 14.6. The third-order valence-electron chi connectivity index (χ3n) is 3.28. The van der Waals surface area contributed by atoms with E-state index in [1.54, 1.807) is 0 Å². The maximum atomic E-state index is 9.87. The van der Waals surface area contributed by atoms with Gasteiger partial charge in [0.25, 0.3) is 0 Å². The van der Waals surface area contributed by atoms with Crippen molar-refractivity contribution in [1.29, 1.82) is 0 Å². The molecule has 0 aliphatic carbocycles. The van der Waals surface area contributed by atoms with E-state index < -0.39 is 7.81 Å². The van der Waals surface area contributed by atoms with Crippen LogP contribution in [0.25, 0.3) is 0 Å². The molecule has 1 aliphatic rings. The quantitative estimate of drug-likeness (QED) is 0.391. The number of benzene rings is 2. The van der Waals surface area contributed by atoms with E-state index in [2.05, 4.69) is 60.6 Å². The number of halogens is 6. The standard InChI is InChI=1S/C17H16N2.F6P/c1-19-13-12-16(14-8-4-2-5-9-14)18-17(19)15-10-6-3-7-11-15;1-7(2,3,4,5)6/h2-13,17H,1H3;/q;-1/p+1. The van der Waals surface area contributed by atoms with Gasteiger partial charge in [0.1, 0.15) is 6.17 Å². The molecule has 0 bridgehead atoms. The maximum Gasteiger partial charge on any atom is 1.00 e. The van der Waals surface area contributed by atoms with Gasteiger partial charge < -0.3 is 4.90 Å². The van der Waals surface area contributed by atoms with Crippen LogP contribution in [0.3, 0.4) is 0 Å². The van der Waals surface area contributed by atoms with E-state index >= 15 is 0 Å². The first-order chi connectivity index (χ1) is 11.8. The monoisotopic (exact) mass is 394 g/mol. The minimum Gasteiger partial charge on any atom is 1.00 e. The molecular weight excluding hydrogens is 377 g/mol. The van der Waals surface area contributed by atoms with Crippen molar-refractivity contribution < 1.29 is 26.6 Å². The largest absolute Gasteiger partial charge is 1.00 e. The molecule has 0 fully saturated rings. The van der Waals surface area contributed by atoms with Gasteiger partial charge in [-0.1, -0.05) is 60.7 Å². The molecule has 1 unspecified atom stereocenters. The smallest absolute Gasteiger partial charge is 1.00 e. The molecule has 2 aromatic rings. The number of hydrogen-bond donors (Lipinski definition) is 0. The SMILES string of the molecule is CN1C=CC(c2ccccc2)=NC1c1ccccc1.F[P-](F)(F)(F)(F)F.[H+]. The van der Waals surface area contributed by atoms with Crippen LogP contribution in [0.2, 0.25) is 0 Å². The molecule has 142 valence electrons. The summed E-state index contributed by atoms with van der Waals surface area (Å²) in [6, 6.07) is 20.7.